The third kappa shape index (κ3) is 4.63. The van der Waals surface area contributed by atoms with Gasteiger partial charge in [0.05, 0.1) is 29.1 Å². The Bertz CT molecular complexity index is 1680. The average Bonchev–Trinajstić information content (AvgIpc) is 3.47. The van der Waals surface area contributed by atoms with E-state index in [1.165, 1.54) is 24.5 Å². The monoisotopic (exact) mass is 529 g/mol. The predicted molar refractivity (Wildman–Crippen MR) is 130 cm³/mol. The number of rotatable bonds is 7. The van der Waals surface area contributed by atoms with Crippen LogP contribution in [0.15, 0.2) is 52.2 Å². The van der Waals surface area contributed by atoms with Gasteiger partial charge in [0.25, 0.3) is 10.0 Å². The van der Waals surface area contributed by atoms with Gasteiger partial charge in [-0.05, 0) is 31.0 Å². The maximum atomic E-state index is 12.7. The molecule has 0 spiro atoms. The highest BCUT2D eigenvalue weighted by Gasteiger charge is 2.34. The van der Waals surface area contributed by atoms with Gasteiger partial charge >= 0.3 is 0 Å². The van der Waals surface area contributed by atoms with E-state index in [-0.39, 0.29) is 26.9 Å². The number of aromatic nitrogens is 4. The average molecular weight is 530 g/mol. The molecule has 1 aliphatic rings. The van der Waals surface area contributed by atoms with Crippen LogP contribution in [0, 0.1) is 11.3 Å². The summed E-state index contributed by atoms with van der Waals surface area (Å²) in [4.78, 5) is 15.6. The molecular formula is C21H19N7O4S3. The zero-order valence-corrected chi connectivity index (χ0v) is 20.7. The molecule has 3 N–H and O–H groups in total. The molecule has 1 saturated carbocycles. The van der Waals surface area contributed by atoms with Gasteiger partial charge in [-0.2, -0.15) is 5.26 Å². The first-order chi connectivity index (χ1) is 16.6. The number of hydrogen-bond acceptors (Lipinski definition) is 10. The standard InChI is InChI=1S/C21H19N7O4S3/c1-34(29,30)18-11-26-21(33-18)16-10-25-20-15(3-5-24-20)19(16)27-13-7-14(8-13)28-35(31,32)17-6-12(9-22)2-4-23-17/h2-6,10-11,13-14,28H,7-8H2,1H3,(H2,24,25,27). The Kier molecular flexibility index (Phi) is 5.80. The number of nitriles is 1. The molecule has 0 amide bonds. The summed E-state index contributed by atoms with van der Waals surface area (Å²) in [5, 5.41) is 13.6. The van der Waals surface area contributed by atoms with Crippen LogP contribution in [-0.2, 0) is 19.9 Å². The van der Waals surface area contributed by atoms with Gasteiger partial charge in [-0.25, -0.2) is 36.5 Å². The van der Waals surface area contributed by atoms with Crippen LogP contribution < -0.4 is 10.0 Å². The van der Waals surface area contributed by atoms with Crippen LogP contribution in [0.4, 0.5) is 5.69 Å². The van der Waals surface area contributed by atoms with Crippen LogP contribution in [0.3, 0.4) is 0 Å². The van der Waals surface area contributed by atoms with Crippen molar-refractivity contribution in [2.24, 2.45) is 0 Å². The molecule has 0 aliphatic heterocycles. The lowest BCUT2D eigenvalue weighted by molar-refractivity contribution is 0.346. The van der Waals surface area contributed by atoms with E-state index in [0.29, 0.717) is 29.1 Å². The summed E-state index contributed by atoms with van der Waals surface area (Å²) in [5.74, 6) is 0. The third-order valence-corrected chi connectivity index (χ3v) is 9.85. The molecule has 4 heterocycles. The number of nitrogens with one attached hydrogen (secondary N) is 3. The first-order valence-corrected chi connectivity index (χ1v) is 14.6. The molecule has 180 valence electrons. The van der Waals surface area contributed by atoms with Gasteiger partial charge in [0.15, 0.2) is 14.9 Å². The van der Waals surface area contributed by atoms with Crippen molar-refractivity contribution in [2.45, 2.75) is 34.2 Å². The number of anilines is 1. The molecule has 0 bridgehead atoms. The summed E-state index contributed by atoms with van der Waals surface area (Å²) in [6.45, 7) is 0. The van der Waals surface area contributed by atoms with E-state index in [4.69, 9.17) is 5.26 Å². The number of fused-ring (bicyclic) bond motifs is 1. The molecule has 0 saturated heterocycles. The molecule has 0 unspecified atom stereocenters. The molecule has 1 aliphatic carbocycles. The quantitative estimate of drug-likeness (QED) is 0.325. The Morgan fingerprint density at radius 1 is 1.11 bits per heavy atom. The van der Waals surface area contributed by atoms with Crippen LogP contribution >= 0.6 is 11.3 Å². The van der Waals surface area contributed by atoms with E-state index in [1.807, 2.05) is 12.1 Å². The topological polar surface area (TPSA) is 171 Å². The highest BCUT2D eigenvalue weighted by molar-refractivity contribution is 7.92. The molecule has 5 rings (SSSR count). The van der Waals surface area contributed by atoms with E-state index in [9.17, 15) is 16.8 Å². The molecule has 35 heavy (non-hydrogen) atoms. The van der Waals surface area contributed by atoms with Crippen molar-refractivity contribution in [1.29, 1.82) is 5.26 Å². The summed E-state index contributed by atoms with van der Waals surface area (Å²) < 4.78 is 52.0. The molecule has 0 atom stereocenters. The highest BCUT2D eigenvalue weighted by atomic mass is 32.2. The highest BCUT2D eigenvalue weighted by Crippen LogP contribution is 2.38. The summed E-state index contributed by atoms with van der Waals surface area (Å²) in [5.41, 5.74) is 2.30. The molecule has 1 fully saturated rings. The van der Waals surface area contributed by atoms with E-state index >= 15 is 0 Å². The summed E-state index contributed by atoms with van der Waals surface area (Å²) >= 11 is 1.07. The van der Waals surface area contributed by atoms with Crippen molar-refractivity contribution in [1.82, 2.24) is 24.7 Å². The Labute approximate surface area is 205 Å². The largest absolute Gasteiger partial charge is 0.381 e. The second-order valence-corrected chi connectivity index (χ2v) is 13.1. The number of sulfone groups is 1. The number of nitrogens with zero attached hydrogens (tertiary/aromatic N) is 4. The number of H-pyrrole nitrogens is 1. The lowest BCUT2D eigenvalue weighted by Crippen LogP contribution is -2.49. The third-order valence-electron chi connectivity index (χ3n) is 5.61. The van der Waals surface area contributed by atoms with Crippen molar-refractivity contribution >= 4 is 47.9 Å². The van der Waals surface area contributed by atoms with Gasteiger partial charge in [0, 0.05) is 42.3 Å². The number of sulfonamides is 1. The zero-order valence-electron chi connectivity index (χ0n) is 18.3. The fourth-order valence-corrected chi connectivity index (χ4v) is 6.81. The lowest BCUT2D eigenvalue weighted by atomic mass is 9.87. The normalized spacial score (nSPS) is 18.2. The van der Waals surface area contributed by atoms with Gasteiger partial charge in [0.1, 0.15) is 14.9 Å². The van der Waals surface area contributed by atoms with Crippen molar-refractivity contribution in [2.75, 3.05) is 11.6 Å². The van der Waals surface area contributed by atoms with E-state index < -0.39 is 19.9 Å². The van der Waals surface area contributed by atoms with Gasteiger partial charge in [-0.15, -0.1) is 11.3 Å². The Morgan fingerprint density at radius 3 is 2.63 bits per heavy atom. The van der Waals surface area contributed by atoms with E-state index in [0.717, 1.165) is 28.7 Å². The zero-order chi connectivity index (χ0) is 24.8. The van der Waals surface area contributed by atoms with Crippen LogP contribution in [0.25, 0.3) is 21.6 Å². The molecule has 14 heteroatoms. The molecule has 0 radical (unpaired) electrons. The van der Waals surface area contributed by atoms with Gasteiger partial charge in [-0.1, -0.05) is 0 Å². The molecule has 4 aromatic heterocycles. The number of pyridine rings is 2. The maximum absolute atomic E-state index is 12.7. The molecular weight excluding hydrogens is 510 g/mol. The lowest BCUT2D eigenvalue weighted by Gasteiger charge is -2.37. The number of aromatic amines is 1. The minimum atomic E-state index is -3.86. The number of thiazole rings is 1. The van der Waals surface area contributed by atoms with Gasteiger partial charge in [0.2, 0.25) is 0 Å². The predicted octanol–water partition coefficient (Wildman–Crippen LogP) is 2.28. The van der Waals surface area contributed by atoms with Gasteiger partial charge in [-0.3, -0.25) is 0 Å². The van der Waals surface area contributed by atoms with E-state index in [1.54, 1.807) is 12.4 Å². The van der Waals surface area contributed by atoms with Crippen molar-refractivity contribution in [3.05, 3.63) is 48.5 Å². The van der Waals surface area contributed by atoms with Crippen LogP contribution in [0.2, 0.25) is 0 Å². The van der Waals surface area contributed by atoms with Crippen LogP contribution in [0.5, 0.6) is 0 Å². The van der Waals surface area contributed by atoms with Crippen LogP contribution in [0.1, 0.15) is 18.4 Å². The minimum absolute atomic E-state index is 0.0327. The van der Waals surface area contributed by atoms with Crippen molar-refractivity contribution in [3.63, 3.8) is 0 Å². The fraction of sp³-hybridized carbons (Fsp3) is 0.238. The minimum Gasteiger partial charge on any atom is -0.381 e. The molecule has 11 nitrogen and oxygen atoms in total. The fourth-order valence-electron chi connectivity index (χ4n) is 3.82. The maximum Gasteiger partial charge on any atom is 0.258 e. The van der Waals surface area contributed by atoms with Crippen LogP contribution in [-0.4, -0.2) is 55.1 Å². The van der Waals surface area contributed by atoms with Crippen molar-refractivity contribution in [3.8, 4) is 16.6 Å². The first-order valence-electron chi connectivity index (χ1n) is 10.4. The second kappa shape index (κ2) is 8.68. The van der Waals surface area contributed by atoms with E-state index in [2.05, 4.69) is 30.0 Å². The Hall–Kier alpha value is -3.38. The molecule has 4 aromatic rings. The Balaban J connectivity index is 1.35. The smallest absolute Gasteiger partial charge is 0.258 e. The van der Waals surface area contributed by atoms with Gasteiger partial charge < -0.3 is 10.3 Å². The SMILES string of the molecule is CS(=O)(=O)c1cnc(-c2cnc3[nH]ccc3c2NC2CC(NS(=O)(=O)c3cc(C#N)ccn3)C2)s1. The molecule has 0 aromatic carbocycles. The summed E-state index contributed by atoms with van der Waals surface area (Å²) in [6, 6.07) is 6.12. The number of hydrogen-bond donors (Lipinski definition) is 3. The second-order valence-electron chi connectivity index (χ2n) is 8.17. The summed E-state index contributed by atoms with van der Waals surface area (Å²) in [6.07, 6.45) is 8.21. The van der Waals surface area contributed by atoms with Crippen molar-refractivity contribution < 1.29 is 16.8 Å². The Morgan fingerprint density at radius 2 is 1.91 bits per heavy atom. The first kappa shape index (κ1) is 23.4. The summed E-state index contributed by atoms with van der Waals surface area (Å²) in [7, 11) is -7.24.